The van der Waals surface area contributed by atoms with E-state index in [2.05, 4.69) is 9.73 Å². The number of aliphatic imine (C=N–C) groups is 1. The van der Waals surface area contributed by atoms with E-state index in [1.54, 1.807) is 12.1 Å². The molecule has 0 saturated carbocycles. The number of allylic oxidation sites excluding steroid dienone is 1. The number of rotatable bonds is 2. The van der Waals surface area contributed by atoms with Gasteiger partial charge in [-0.25, -0.2) is 0 Å². The summed E-state index contributed by atoms with van der Waals surface area (Å²) in [4.78, 5) is 4.09. The van der Waals surface area contributed by atoms with Crippen LogP contribution in [0.3, 0.4) is 0 Å². The van der Waals surface area contributed by atoms with Crippen molar-refractivity contribution in [3.63, 3.8) is 0 Å². The van der Waals surface area contributed by atoms with Gasteiger partial charge in [-0.2, -0.15) is 0 Å². The molecule has 6 heteroatoms. The molecule has 0 unspecified atom stereocenters. The van der Waals surface area contributed by atoms with E-state index in [0.717, 1.165) is 0 Å². The molecular weight excluding hydrogens is 233 g/mol. The van der Waals surface area contributed by atoms with E-state index in [0.29, 0.717) is 23.5 Å². The van der Waals surface area contributed by atoms with Crippen molar-refractivity contribution in [3.8, 4) is 5.75 Å². The lowest BCUT2D eigenvalue weighted by atomic mass is 10.1. The van der Waals surface area contributed by atoms with E-state index in [4.69, 9.17) is 5.73 Å². The Bertz CT molecular complexity index is 492. The average molecular weight is 242 g/mol. The van der Waals surface area contributed by atoms with Gasteiger partial charge in [-0.05, 0) is 18.2 Å². The number of nitrogens with two attached hydrogens (primary N) is 1. The first-order valence-corrected chi connectivity index (χ1v) is 4.81. The molecule has 0 spiro atoms. The molecule has 0 atom stereocenters. The summed E-state index contributed by atoms with van der Waals surface area (Å²) >= 11 is 0. The summed E-state index contributed by atoms with van der Waals surface area (Å²) in [6.45, 7) is 0.375. The zero-order chi connectivity index (χ0) is 12.5. The molecular formula is C11H9F3N2O. The summed E-state index contributed by atoms with van der Waals surface area (Å²) in [5.41, 5.74) is 7.24. The smallest absolute Gasteiger partial charge is 0.406 e. The zero-order valence-corrected chi connectivity index (χ0v) is 8.66. The Balaban J connectivity index is 2.23. The molecule has 3 nitrogen and oxygen atoms in total. The summed E-state index contributed by atoms with van der Waals surface area (Å²) in [5, 5.41) is 0. The molecule has 0 aromatic heterocycles. The summed E-state index contributed by atoms with van der Waals surface area (Å²) in [7, 11) is 0. The second kappa shape index (κ2) is 4.12. The number of alkyl halides is 3. The molecule has 0 saturated heterocycles. The topological polar surface area (TPSA) is 47.6 Å². The molecule has 0 amide bonds. The highest BCUT2D eigenvalue weighted by Crippen LogP contribution is 2.24. The van der Waals surface area contributed by atoms with Gasteiger partial charge in [0.05, 0.1) is 12.3 Å². The van der Waals surface area contributed by atoms with Gasteiger partial charge in [-0.3, -0.25) is 4.99 Å². The predicted molar refractivity (Wildman–Crippen MR) is 56.8 cm³/mol. The van der Waals surface area contributed by atoms with Gasteiger partial charge in [0.15, 0.2) is 0 Å². The monoisotopic (exact) mass is 242 g/mol. The number of halogens is 3. The third-order valence-electron chi connectivity index (χ3n) is 2.12. The lowest BCUT2D eigenvalue weighted by Gasteiger charge is -2.09. The van der Waals surface area contributed by atoms with Crippen molar-refractivity contribution in [1.29, 1.82) is 0 Å². The van der Waals surface area contributed by atoms with Crippen molar-refractivity contribution in [2.45, 2.75) is 6.36 Å². The van der Waals surface area contributed by atoms with Crippen molar-refractivity contribution in [1.82, 2.24) is 0 Å². The van der Waals surface area contributed by atoms with Crippen LogP contribution in [0.1, 0.15) is 5.56 Å². The Morgan fingerprint density at radius 2 is 2.06 bits per heavy atom. The molecule has 90 valence electrons. The van der Waals surface area contributed by atoms with E-state index in [1.165, 1.54) is 18.2 Å². The van der Waals surface area contributed by atoms with E-state index < -0.39 is 6.36 Å². The molecule has 1 aliphatic rings. The number of hydrogen-bond acceptors (Lipinski definition) is 3. The molecule has 1 aromatic carbocycles. The van der Waals surface area contributed by atoms with Crippen LogP contribution in [-0.4, -0.2) is 18.6 Å². The van der Waals surface area contributed by atoms with E-state index >= 15 is 0 Å². The maximum Gasteiger partial charge on any atom is 0.573 e. The van der Waals surface area contributed by atoms with Crippen LogP contribution in [0.25, 0.3) is 0 Å². The first-order chi connectivity index (χ1) is 7.94. The predicted octanol–water partition coefficient (Wildman–Crippen LogP) is 2.23. The van der Waals surface area contributed by atoms with Gasteiger partial charge in [-0.1, -0.05) is 12.1 Å². The summed E-state index contributed by atoms with van der Waals surface area (Å²) in [6.07, 6.45) is -3.06. The zero-order valence-electron chi connectivity index (χ0n) is 8.66. The normalized spacial score (nSPS) is 15.5. The maximum atomic E-state index is 12.0. The lowest BCUT2D eigenvalue weighted by Crippen LogP contribution is -2.17. The maximum absolute atomic E-state index is 12.0. The van der Waals surface area contributed by atoms with Gasteiger partial charge in [-0.15, -0.1) is 13.2 Å². The van der Waals surface area contributed by atoms with Crippen LogP contribution < -0.4 is 10.5 Å². The van der Waals surface area contributed by atoms with Gasteiger partial charge in [0.1, 0.15) is 5.75 Å². The van der Waals surface area contributed by atoms with E-state index in [9.17, 15) is 13.2 Å². The molecule has 0 fully saturated rings. The van der Waals surface area contributed by atoms with Crippen molar-refractivity contribution >= 4 is 5.71 Å². The minimum Gasteiger partial charge on any atom is -0.406 e. The molecule has 2 N–H and O–H groups in total. The Labute approximate surface area is 95.4 Å². The second-order valence-electron chi connectivity index (χ2n) is 3.50. The lowest BCUT2D eigenvalue weighted by molar-refractivity contribution is -0.274. The Hall–Kier alpha value is -1.98. The number of ether oxygens (including phenoxy) is 1. The van der Waals surface area contributed by atoms with Crippen LogP contribution >= 0.6 is 0 Å². The highest BCUT2D eigenvalue weighted by Gasteiger charge is 2.31. The number of hydrogen-bond donors (Lipinski definition) is 1. The van der Waals surface area contributed by atoms with Gasteiger partial charge >= 0.3 is 6.36 Å². The molecule has 1 aliphatic heterocycles. The molecule has 1 aromatic rings. The van der Waals surface area contributed by atoms with Gasteiger partial charge < -0.3 is 10.5 Å². The van der Waals surface area contributed by atoms with E-state index in [-0.39, 0.29) is 5.75 Å². The van der Waals surface area contributed by atoms with Crippen molar-refractivity contribution < 1.29 is 17.9 Å². The minimum atomic E-state index is -4.69. The third kappa shape index (κ3) is 2.99. The molecule has 0 radical (unpaired) electrons. The average Bonchev–Trinajstić information content (AvgIpc) is 2.63. The van der Waals surface area contributed by atoms with Crippen LogP contribution in [-0.2, 0) is 0 Å². The van der Waals surface area contributed by atoms with Gasteiger partial charge in [0.2, 0.25) is 0 Å². The first kappa shape index (κ1) is 11.5. The Kier molecular flexibility index (Phi) is 2.79. The van der Waals surface area contributed by atoms with Crippen molar-refractivity contribution in [3.05, 3.63) is 41.6 Å². The molecule has 0 aliphatic carbocycles. The molecule has 1 heterocycles. The summed E-state index contributed by atoms with van der Waals surface area (Å²) < 4.78 is 39.9. The molecule has 0 bridgehead atoms. The number of benzene rings is 1. The quantitative estimate of drug-likeness (QED) is 0.864. The second-order valence-corrected chi connectivity index (χ2v) is 3.50. The van der Waals surface area contributed by atoms with Crippen LogP contribution in [0.5, 0.6) is 5.75 Å². The fourth-order valence-corrected chi connectivity index (χ4v) is 1.47. The van der Waals surface area contributed by atoms with Crippen molar-refractivity contribution in [2.75, 3.05) is 6.54 Å². The highest BCUT2D eigenvalue weighted by molar-refractivity contribution is 6.10. The number of nitrogens with zero attached hydrogens (tertiary/aromatic N) is 1. The van der Waals surface area contributed by atoms with Crippen LogP contribution in [0, 0.1) is 0 Å². The fraction of sp³-hybridized carbons (Fsp3) is 0.182. The minimum absolute atomic E-state index is 0.267. The fourth-order valence-electron chi connectivity index (χ4n) is 1.47. The SMILES string of the molecule is NC1=CC(c2cccc(OC(F)(F)F)c2)=NC1. The first-order valence-electron chi connectivity index (χ1n) is 4.81. The largest absolute Gasteiger partial charge is 0.573 e. The van der Waals surface area contributed by atoms with Crippen LogP contribution in [0.2, 0.25) is 0 Å². The molecule has 17 heavy (non-hydrogen) atoms. The van der Waals surface area contributed by atoms with Gasteiger partial charge in [0.25, 0.3) is 0 Å². The Morgan fingerprint density at radius 1 is 1.29 bits per heavy atom. The highest BCUT2D eigenvalue weighted by atomic mass is 19.4. The van der Waals surface area contributed by atoms with Crippen LogP contribution in [0.4, 0.5) is 13.2 Å². The van der Waals surface area contributed by atoms with Crippen LogP contribution in [0.15, 0.2) is 41.0 Å². The third-order valence-corrected chi connectivity index (χ3v) is 2.12. The van der Waals surface area contributed by atoms with Gasteiger partial charge in [0, 0.05) is 11.3 Å². The van der Waals surface area contributed by atoms with Crippen molar-refractivity contribution in [2.24, 2.45) is 10.7 Å². The summed E-state index contributed by atoms with van der Waals surface area (Å²) in [6, 6.07) is 5.64. The summed E-state index contributed by atoms with van der Waals surface area (Å²) in [5.74, 6) is -0.267. The van der Waals surface area contributed by atoms with E-state index in [1.807, 2.05) is 0 Å². The molecule has 2 rings (SSSR count). The standard InChI is InChI=1S/C11H9F3N2O/c12-11(13,14)17-9-3-1-2-7(4-9)10-5-8(15)6-16-10/h1-5H,6,15H2. The Morgan fingerprint density at radius 3 is 2.65 bits per heavy atom.